The molecule has 1 aliphatic rings. The zero-order chi connectivity index (χ0) is 17.4. The van der Waals surface area contributed by atoms with E-state index in [0.29, 0.717) is 12.0 Å². The van der Waals surface area contributed by atoms with E-state index in [4.69, 9.17) is 5.73 Å². The minimum absolute atomic E-state index is 0.135. The molecule has 1 atom stereocenters. The molecule has 1 aliphatic heterocycles. The summed E-state index contributed by atoms with van der Waals surface area (Å²) >= 11 is 0. The highest BCUT2D eigenvalue weighted by Crippen LogP contribution is 2.45. The van der Waals surface area contributed by atoms with Crippen LogP contribution in [0.1, 0.15) is 63.6 Å². The van der Waals surface area contributed by atoms with Gasteiger partial charge in [0, 0.05) is 17.3 Å². The third kappa shape index (κ3) is 3.49. The Balaban J connectivity index is 2.48. The molecule has 23 heavy (non-hydrogen) atoms. The molecule has 5 heteroatoms. The van der Waals surface area contributed by atoms with Crippen LogP contribution in [-0.4, -0.2) is 23.8 Å². The molecule has 1 aromatic carbocycles. The van der Waals surface area contributed by atoms with Crippen LogP contribution in [0.25, 0.3) is 0 Å². The van der Waals surface area contributed by atoms with Crippen LogP contribution >= 0.6 is 0 Å². The number of hydrogen-bond acceptors (Lipinski definition) is 3. The Kier molecular flexibility index (Phi) is 4.68. The third-order valence-electron chi connectivity index (χ3n) is 4.56. The summed E-state index contributed by atoms with van der Waals surface area (Å²) in [6, 6.07) is 4.20. The third-order valence-corrected chi connectivity index (χ3v) is 4.56. The van der Waals surface area contributed by atoms with E-state index in [9.17, 15) is 4.79 Å². The van der Waals surface area contributed by atoms with Crippen LogP contribution < -0.4 is 16.1 Å². The van der Waals surface area contributed by atoms with E-state index in [1.54, 1.807) is 6.21 Å². The number of nitrogens with zero attached hydrogens (tertiary/aromatic N) is 2. The van der Waals surface area contributed by atoms with Crippen LogP contribution in [-0.2, 0) is 0 Å². The lowest BCUT2D eigenvalue weighted by Crippen LogP contribution is -2.51. The first kappa shape index (κ1) is 17.3. The molecule has 0 aromatic heterocycles. The van der Waals surface area contributed by atoms with Gasteiger partial charge in [0.15, 0.2) is 0 Å². The Morgan fingerprint density at radius 1 is 1.48 bits per heavy atom. The van der Waals surface area contributed by atoms with Crippen LogP contribution in [0.2, 0.25) is 0 Å². The molecule has 2 amide bonds. The molecule has 1 aromatic rings. The molecular weight excluding hydrogens is 288 g/mol. The number of urea groups is 1. The van der Waals surface area contributed by atoms with Gasteiger partial charge in [0.25, 0.3) is 0 Å². The fraction of sp³-hybridized carbons (Fsp3) is 0.556. The second kappa shape index (κ2) is 6.22. The number of anilines is 1. The Labute approximate surface area is 138 Å². The lowest BCUT2D eigenvalue weighted by atomic mass is 9.78. The maximum absolute atomic E-state index is 10.7. The predicted octanol–water partition coefficient (Wildman–Crippen LogP) is 3.50. The average molecular weight is 316 g/mol. The summed E-state index contributed by atoms with van der Waals surface area (Å²) in [5, 5.41) is 3.90. The minimum Gasteiger partial charge on any atom is -0.364 e. The number of fused-ring (bicyclic) bond motifs is 1. The summed E-state index contributed by atoms with van der Waals surface area (Å²) in [5.74, 6) is 0.479. The van der Waals surface area contributed by atoms with E-state index < -0.39 is 6.03 Å². The quantitative estimate of drug-likeness (QED) is 0.662. The van der Waals surface area contributed by atoms with E-state index in [-0.39, 0.29) is 5.54 Å². The normalized spacial score (nSPS) is 20.0. The van der Waals surface area contributed by atoms with E-state index >= 15 is 0 Å². The maximum Gasteiger partial charge on any atom is 0.332 e. The zero-order valence-electron chi connectivity index (χ0n) is 15.0. The molecule has 0 saturated heterocycles. The van der Waals surface area contributed by atoms with Crippen LogP contribution in [0.15, 0.2) is 17.2 Å². The van der Waals surface area contributed by atoms with E-state index in [0.717, 1.165) is 17.5 Å². The molecule has 0 saturated carbocycles. The summed E-state index contributed by atoms with van der Waals surface area (Å²) in [5.41, 5.74) is 12.2. The molecule has 0 spiro atoms. The number of nitrogens with one attached hydrogen (secondary N) is 1. The van der Waals surface area contributed by atoms with Crippen molar-refractivity contribution in [2.45, 2.75) is 65.5 Å². The number of amides is 2. The van der Waals surface area contributed by atoms with Crippen LogP contribution in [0.3, 0.4) is 0 Å². The van der Waals surface area contributed by atoms with Gasteiger partial charge in [-0.3, -0.25) is 0 Å². The fourth-order valence-corrected chi connectivity index (χ4v) is 3.90. The lowest BCUT2D eigenvalue weighted by Gasteiger charge is -2.50. The highest BCUT2D eigenvalue weighted by molar-refractivity contribution is 5.85. The molecule has 1 heterocycles. The predicted molar refractivity (Wildman–Crippen MR) is 96.2 cm³/mol. The smallest absolute Gasteiger partial charge is 0.332 e. The Bertz CT molecular complexity index is 634. The van der Waals surface area contributed by atoms with Crippen LogP contribution in [0.5, 0.6) is 0 Å². The van der Waals surface area contributed by atoms with Gasteiger partial charge in [0.05, 0.1) is 6.21 Å². The van der Waals surface area contributed by atoms with Gasteiger partial charge in [0.2, 0.25) is 0 Å². The molecule has 0 radical (unpaired) electrons. The molecule has 3 N–H and O–H groups in total. The van der Waals surface area contributed by atoms with Gasteiger partial charge in [-0.25, -0.2) is 10.2 Å². The number of benzene rings is 1. The maximum atomic E-state index is 10.7. The van der Waals surface area contributed by atoms with Crippen molar-refractivity contribution in [1.82, 2.24) is 5.43 Å². The summed E-state index contributed by atoms with van der Waals surface area (Å²) in [7, 11) is 0. The molecule has 0 fully saturated rings. The first-order chi connectivity index (χ1) is 10.6. The number of rotatable bonds is 3. The van der Waals surface area contributed by atoms with Crippen molar-refractivity contribution in [3.05, 3.63) is 28.8 Å². The molecule has 0 aliphatic carbocycles. The van der Waals surface area contributed by atoms with Crippen molar-refractivity contribution in [3.63, 3.8) is 0 Å². The van der Waals surface area contributed by atoms with Gasteiger partial charge in [-0.2, -0.15) is 5.10 Å². The van der Waals surface area contributed by atoms with Gasteiger partial charge >= 0.3 is 6.03 Å². The number of hydrogen-bond donors (Lipinski definition) is 2. The van der Waals surface area contributed by atoms with Crippen molar-refractivity contribution in [3.8, 4) is 0 Å². The second-order valence-corrected chi connectivity index (χ2v) is 7.38. The molecule has 0 bridgehead atoms. The average Bonchev–Trinajstić information content (AvgIpc) is 2.38. The summed E-state index contributed by atoms with van der Waals surface area (Å²) in [6.07, 6.45) is 2.77. The van der Waals surface area contributed by atoms with Crippen LogP contribution in [0, 0.1) is 6.92 Å². The first-order valence-electron chi connectivity index (χ1n) is 8.16. The number of hydrazone groups is 1. The molecular formula is C18H28N4O. The molecule has 1 unspecified atom stereocenters. The number of primary amides is 1. The van der Waals surface area contributed by atoms with Crippen molar-refractivity contribution < 1.29 is 4.79 Å². The summed E-state index contributed by atoms with van der Waals surface area (Å²) < 4.78 is 0. The van der Waals surface area contributed by atoms with Crippen molar-refractivity contribution in [2.75, 3.05) is 4.90 Å². The van der Waals surface area contributed by atoms with Gasteiger partial charge in [-0.1, -0.05) is 6.92 Å². The highest BCUT2D eigenvalue weighted by Gasteiger charge is 2.37. The number of carbonyl (C=O) groups is 1. The van der Waals surface area contributed by atoms with Crippen molar-refractivity contribution in [2.24, 2.45) is 10.8 Å². The van der Waals surface area contributed by atoms with Gasteiger partial charge < -0.3 is 10.6 Å². The monoisotopic (exact) mass is 316 g/mol. The Morgan fingerprint density at radius 3 is 2.70 bits per heavy atom. The van der Waals surface area contributed by atoms with Gasteiger partial charge in [0.1, 0.15) is 0 Å². The van der Waals surface area contributed by atoms with E-state index in [2.05, 4.69) is 69.1 Å². The lowest BCUT2D eigenvalue weighted by molar-refractivity contribution is 0.249. The SMILES string of the molecule is Cc1cc2c(cc1/C=N/NC(N)=O)C(C)CC(C)(C)N2C(C)C. The summed E-state index contributed by atoms with van der Waals surface area (Å²) in [4.78, 5) is 13.3. The molecule has 126 valence electrons. The second-order valence-electron chi connectivity index (χ2n) is 7.38. The highest BCUT2D eigenvalue weighted by atomic mass is 16.2. The summed E-state index contributed by atoms with van der Waals surface area (Å²) in [6.45, 7) is 13.4. The van der Waals surface area contributed by atoms with Gasteiger partial charge in [-0.05, 0) is 75.8 Å². The van der Waals surface area contributed by atoms with Crippen molar-refractivity contribution in [1.29, 1.82) is 0 Å². The first-order valence-corrected chi connectivity index (χ1v) is 8.16. The van der Waals surface area contributed by atoms with Crippen molar-refractivity contribution >= 4 is 17.9 Å². The van der Waals surface area contributed by atoms with E-state index in [1.165, 1.54) is 11.3 Å². The topological polar surface area (TPSA) is 70.7 Å². The molecule has 2 rings (SSSR count). The fourth-order valence-electron chi connectivity index (χ4n) is 3.90. The number of nitrogens with two attached hydrogens (primary N) is 1. The van der Waals surface area contributed by atoms with E-state index in [1.807, 2.05) is 0 Å². The van der Waals surface area contributed by atoms with Gasteiger partial charge in [-0.15, -0.1) is 0 Å². The standard InChI is InChI=1S/C18H28N4O/c1-11(2)22-16-7-12(3)14(10-20-21-17(19)23)8-15(16)13(4)9-18(22,5)6/h7-8,10-11,13H,9H2,1-6H3,(H3,19,21,23)/b20-10+. The Morgan fingerprint density at radius 2 is 2.13 bits per heavy atom. The van der Waals surface area contributed by atoms with Crippen LogP contribution in [0.4, 0.5) is 10.5 Å². The largest absolute Gasteiger partial charge is 0.364 e. The Hall–Kier alpha value is -2.04. The zero-order valence-corrected chi connectivity index (χ0v) is 15.0. The number of carbonyl (C=O) groups excluding carboxylic acids is 1. The minimum atomic E-state index is -0.655. The molecule has 5 nitrogen and oxygen atoms in total. The number of aryl methyl sites for hydroxylation is 1.